The summed E-state index contributed by atoms with van der Waals surface area (Å²) in [6.45, 7) is 40.3. The minimum atomic E-state index is -1.44. The van der Waals surface area contributed by atoms with Gasteiger partial charge in [-0.2, -0.15) is 15.8 Å². The van der Waals surface area contributed by atoms with Gasteiger partial charge in [0, 0.05) is 127 Å². The summed E-state index contributed by atoms with van der Waals surface area (Å²) in [7, 11) is 0. The number of piperazine rings is 3. The van der Waals surface area contributed by atoms with Gasteiger partial charge >= 0.3 is 0 Å². The van der Waals surface area contributed by atoms with Crippen LogP contribution in [-0.2, 0) is 14.4 Å². The number of hydrogen-bond donors (Lipinski definition) is 3. The summed E-state index contributed by atoms with van der Waals surface area (Å²) >= 11 is 57.8. The van der Waals surface area contributed by atoms with E-state index in [1.54, 1.807) is 72.3 Å². The number of aromatic nitrogens is 9. The Morgan fingerprint density at radius 2 is 0.596 bits per heavy atom. The standard InChI is InChI=1S/3C33H30Cl3F2N7O2/c3*1-7-21(46)44-16(5)12-43(13-17(44)6)31-18-10-20(34)29(22-23(35)24(36)25(37)26(38)27(22)40)42-32(18)45(33(47)19(31)11-39)30-15(4)8-9-41-28(30)14(2)3/h3*7-10,14,16-17H,1,12-13,40H2,2-6H3/t3*16-,17+. The van der Waals surface area contributed by atoms with Crippen molar-refractivity contribution in [1.82, 2.24) is 58.3 Å². The Hall–Kier alpha value is -12.7. The van der Waals surface area contributed by atoms with Gasteiger partial charge in [0.1, 0.15) is 51.8 Å². The quantitative estimate of drug-likeness (QED) is 0.0282. The van der Waals surface area contributed by atoms with Gasteiger partial charge in [-0.15, -0.1) is 0 Å². The SMILES string of the molecule is C=CC(=O)N1[C@H](C)CN(c2c(C#N)c(=O)n(-c3c(C)ccnc3C(C)C)c3nc(-c4c(N)c(F)c(F)c(Cl)c4Cl)c(Cl)cc23)C[C@@H]1C.C=CC(=O)N1[C@H](C)CN(c2c(C#N)c(=O)n(-c3c(C)ccnc3C(C)C)c3nc(-c4c(N)c(F)c(F)c(Cl)c4Cl)c(Cl)cc23)C[C@@H]1C.C=CC(=O)N1[C@H](C)CN(c2c(C#N)c(=O)n(-c3c(C)ccnc3C(C)C)c3nc(-c4c(N)c(F)c(F)c(Cl)c4Cl)c(Cl)cc23)C[C@@H]1C. The van der Waals surface area contributed by atoms with Gasteiger partial charge in [-0.3, -0.25) is 57.4 Å². The zero-order valence-electron chi connectivity index (χ0n) is 78.4. The van der Waals surface area contributed by atoms with Gasteiger partial charge in [0.25, 0.3) is 16.7 Å². The molecular formula is C99H90Cl9F6N21O6. The third-order valence-corrected chi connectivity index (χ3v) is 28.3. The van der Waals surface area contributed by atoms with Gasteiger partial charge in [-0.05, 0) is 151 Å². The van der Waals surface area contributed by atoms with E-state index in [1.165, 1.54) is 50.1 Å². The molecule has 15 rings (SSSR count). The number of fused-ring (bicyclic) bond motifs is 3. The van der Waals surface area contributed by atoms with Gasteiger partial charge < -0.3 is 46.6 Å². The second-order valence-corrected chi connectivity index (χ2v) is 38.8. The first-order chi connectivity index (χ1) is 66.5. The van der Waals surface area contributed by atoms with E-state index in [9.17, 15) is 70.9 Å². The number of carbonyl (C=O) groups excluding carboxylic acids is 3. The molecule has 42 heteroatoms. The lowest BCUT2D eigenvalue weighted by Gasteiger charge is -2.45. The predicted octanol–water partition coefficient (Wildman–Crippen LogP) is 21.6. The van der Waals surface area contributed by atoms with Gasteiger partial charge in [0.05, 0.1) is 131 Å². The average Bonchev–Trinajstić information content (AvgIpc) is 0.725. The van der Waals surface area contributed by atoms with Crippen molar-refractivity contribution in [1.29, 1.82) is 15.8 Å². The Morgan fingerprint density at radius 1 is 0.383 bits per heavy atom. The van der Waals surface area contributed by atoms with Crippen LogP contribution in [0.4, 0.5) is 60.5 Å². The van der Waals surface area contributed by atoms with Crippen molar-refractivity contribution in [3.8, 4) is 69.0 Å². The van der Waals surface area contributed by atoms with E-state index < -0.39 is 98.8 Å². The van der Waals surface area contributed by atoms with E-state index >= 15 is 0 Å². The van der Waals surface area contributed by atoms with Crippen molar-refractivity contribution in [3.63, 3.8) is 0 Å². The van der Waals surface area contributed by atoms with Gasteiger partial charge in [0.15, 0.2) is 34.9 Å². The van der Waals surface area contributed by atoms with Crippen LogP contribution in [0.2, 0.25) is 45.2 Å². The number of nitrogens with zero attached hydrogens (tertiary/aromatic N) is 18. The molecule has 0 bridgehead atoms. The molecule has 0 unspecified atom stereocenters. The molecule has 3 amide bonds. The number of pyridine rings is 9. The molecule has 0 saturated carbocycles. The molecule has 12 aromatic rings. The Morgan fingerprint density at radius 3 is 0.787 bits per heavy atom. The van der Waals surface area contributed by atoms with Crippen LogP contribution in [0.1, 0.15) is 151 Å². The summed E-state index contributed by atoms with van der Waals surface area (Å²) in [4.78, 5) is 120. The van der Waals surface area contributed by atoms with Crippen LogP contribution in [0.3, 0.4) is 0 Å². The van der Waals surface area contributed by atoms with E-state index in [4.69, 9.17) is 137 Å². The van der Waals surface area contributed by atoms with Crippen molar-refractivity contribution in [2.24, 2.45) is 0 Å². The first-order valence-electron chi connectivity index (χ1n) is 43.9. The number of carbonyl (C=O) groups is 3. The molecule has 27 nitrogen and oxygen atoms in total. The van der Waals surface area contributed by atoms with Gasteiger partial charge in [0.2, 0.25) is 17.7 Å². The number of benzene rings is 3. The van der Waals surface area contributed by atoms with E-state index in [0.717, 1.165) is 0 Å². The number of halogens is 15. The fraction of sp³-hybridized carbons (Fsp3) is 0.303. The smallest absolute Gasteiger partial charge is 0.276 e. The van der Waals surface area contributed by atoms with Crippen LogP contribution in [-0.4, -0.2) is 152 Å². The summed E-state index contributed by atoms with van der Waals surface area (Å²) in [5, 5.41) is 28.8. The Kier molecular flexibility index (Phi) is 31.0. The maximum absolute atomic E-state index is 14.9. The second-order valence-electron chi connectivity index (χ2n) is 35.3. The first kappa shape index (κ1) is 106. The monoisotopic (exact) mass is 2100 g/mol. The van der Waals surface area contributed by atoms with Crippen LogP contribution in [0.15, 0.2) is 107 Å². The predicted molar refractivity (Wildman–Crippen MR) is 545 cm³/mol. The zero-order valence-corrected chi connectivity index (χ0v) is 85.2. The molecule has 141 heavy (non-hydrogen) atoms. The number of nitrogens with two attached hydrogens (primary N) is 3. The molecule has 3 saturated heterocycles. The summed E-state index contributed by atoms with van der Waals surface area (Å²) in [6.07, 6.45) is 8.59. The zero-order chi connectivity index (χ0) is 104. The molecule has 3 fully saturated rings. The molecule has 3 aliphatic heterocycles. The lowest BCUT2D eigenvalue weighted by atomic mass is 10.0. The van der Waals surface area contributed by atoms with Crippen molar-refractivity contribution in [2.45, 2.75) is 158 Å². The number of nitriles is 3. The minimum Gasteiger partial charge on any atom is -0.396 e. The number of hydrogen-bond acceptors (Lipinski definition) is 21. The third-order valence-electron chi connectivity index (χ3n) is 25.0. The van der Waals surface area contributed by atoms with Crippen molar-refractivity contribution in [3.05, 3.63) is 255 Å². The molecule has 6 N–H and O–H groups in total. The number of anilines is 6. The normalized spacial score (nSPS) is 16.6. The minimum absolute atomic E-state index is 0.0302. The Labute approximate surface area is 850 Å². The molecule has 3 aliphatic rings. The summed E-state index contributed by atoms with van der Waals surface area (Å²) in [6, 6.07) is 13.9. The lowest BCUT2D eigenvalue weighted by molar-refractivity contribution is -0.131. The molecule has 0 aliphatic carbocycles. The first-order valence-corrected chi connectivity index (χ1v) is 47.3. The van der Waals surface area contributed by atoms with Gasteiger partial charge in [-0.1, -0.05) is 166 Å². The van der Waals surface area contributed by atoms with Gasteiger partial charge in [-0.25, -0.2) is 41.3 Å². The van der Waals surface area contributed by atoms with Crippen LogP contribution < -0.4 is 48.6 Å². The highest BCUT2D eigenvalue weighted by molar-refractivity contribution is 6.47. The topological polar surface area (TPSA) is 363 Å². The molecule has 6 atom stereocenters. The number of nitrogen functional groups attached to an aromatic ring is 3. The third kappa shape index (κ3) is 18.4. The molecule has 0 radical (unpaired) electrons. The molecule has 3 aromatic carbocycles. The number of aryl methyl sites for hydroxylation is 3. The molecular weight excluding hydrogens is 2010 g/mol. The van der Waals surface area contributed by atoms with E-state index in [0.29, 0.717) is 67.0 Å². The summed E-state index contributed by atoms with van der Waals surface area (Å²) in [5.41, 5.74) is 17.7. The molecule has 12 heterocycles. The second kappa shape index (κ2) is 41.5. The molecule has 732 valence electrons. The molecule has 0 spiro atoms. The largest absolute Gasteiger partial charge is 0.396 e. The fourth-order valence-corrected chi connectivity index (χ4v) is 21.0. The van der Waals surface area contributed by atoms with E-state index in [2.05, 4.69) is 52.9 Å². The Balaban J connectivity index is 0.000000178. The number of amides is 3. The van der Waals surface area contributed by atoms with Crippen LogP contribution in [0, 0.1) is 89.7 Å². The van der Waals surface area contributed by atoms with Crippen molar-refractivity contribution >= 4 is 189 Å². The van der Waals surface area contributed by atoms with E-state index in [1.807, 2.05) is 97.8 Å². The highest BCUT2D eigenvalue weighted by atomic mass is 35.5. The van der Waals surface area contributed by atoms with Crippen LogP contribution >= 0.6 is 104 Å². The number of rotatable bonds is 15. The van der Waals surface area contributed by atoms with Crippen molar-refractivity contribution in [2.75, 3.05) is 71.2 Å². The van der Waals surface area contributed by atoms with E-state index in [-0.39, 0.29) is 211 Å². The Bertz CT molecular complexity index is 6860. The van der Waals surface area contributed by atoms with Crippen molar-refractivity contribution < 1.29 is 40.7 Å². The average molecular weight is 2100 g/mol. The fourth-order valence-electron chi connectivity index (χ4n) is 18.9. The molecule has 9 aromatic heterocycles. The lowest BCUT2D eigenvalue weighted by Crippen LogP contribution is -2.58. The van der Waals surface area contributed by atoms with Crippen LogP contribution in [0.5, 0.6) is 0 Å². The maximum Gasteiger partial charge on any atom is 0.276 e. The summed E-state index contributed by atoms with van der Waals surface area (Å²) < 4.78 is 92.0. The highest BCUT2D eigenvalue weighted by Crippen LogP contribution is 2.51. The maximum atomic E-state index is 14.9. The highest BCUT2D eigenvalue weighted by Gasteiger charge is 2.42. The van der Waals surface area contributed by atoms with Crippen LogP contribution in [0.25, 0.3) is 83.9 Å². The summed E-state index contributed by atoms with van der Waals surface area (Å²) in [5.74, 6) is -9.81.